The minimum atomic E-state index is -0.863. The maximum Gasteiger partial charge on any atom is 0.329 e. The summed E-state index contributed by atoms with van der Waals surface area (Å²) in [6.07, 6.45) is 1.41. The first-order chi connectivity index (χ1) is 16.5. The van der Waals surface area contributed by atoms with E-state index in [2.05, 4.69) is 31.8 Å². The van der Waals surface area contributed by atoms with Gasteiger partial charge in [-0.05, 0) is 63.8 Å². The number of halogens is 2. The van der Waals surface area contributed by atoms with Gasteiger partial charge >= 0.3 is 11.8 Å². The first kappa shape index (κ1) is 25.3. The van der Waals surface area contributed by atoms with E-state index in [1.165, 1.54) is 6.21 Å². The van der Waals surface area contributed by atoms with Gasteiger partial charge in [0.2, 0.25) is 0 Å². The topological polar surface area (TPSA) is 89.0 Å². The molecular formula is C25H23BrClN3O4. The van der Waals surface area contributed by atoms with Crippen molar-refractivity contribution in [2.24, 2.45) is 5.10 Å². The van der Waals surface area contributed by atoms with Crippen LogP contribution in [-0.2, 0) is 22.7 Å². The van der Waals surface area contributed by atoms with Crippen LogP contribution < -0.4 is 20.2 Å². The van der Waals surface area contributed by atoms with Crippen molar-refractivity contribution >= 4 is 45.6 Å². The fourth-order valence-electron chi connectivity index (χ4n) is 2.92. The molecule has 7 nitrogen and oxygen atoms in total. The first-order valence-electron chi connectivity index (χ1n) is 10.4. The predicted octanol–water partition coefficient (Wildman–Crippen LogP) is 4.85. The van der Waals surface area contributed by atoms with Crippen molar-refractivity contribution in [3.63, 3.8) is 0 Å². The number of hydrogen-bond donors (Lipinski definition) is 2. The molecule has 0 saturated heterocycles. The summed E-state index contributed by atoms with van der Waals surface area (Å²) in [5.41, 5.74) is 4.66. The summed E-state index contributed by atoms with van der Waals surface area (Å²) in [6, 6.07) is 20.2. The zero-order chi connectivity index (χ0) is 24.3. The van der Waals surface area contributed by atoms with E-state index >= 15 is 0 Å². The second-order valence-electron chi connectivity index (χ2n) is 7.05. The van der Waals surface area contributed by atoms with Gasteiger partial charge in [-0.25, -0.2) is 5.43 Å². The van der Waals surface area contributed by atoms with E-state index in [4.69, 9.17) is 21.1 Å². The van der Waals surface area contributed by atoms with E-state index in [0.717, 1.165) is 11.1 Å². The van der Waals surface area contributed by atoms with Crippen LogP contribution in [0.15, 0.2) is 76.3 Å². The molecule has 176 valence electrons. The van der Waals surface area contributed by atoms with Crippen molar-refractivity contribution in [3.8, 4) is 11.5 Å². The van der Waals surface area contributed by atoms with E-state index in [9.17, 15) is 9.59 Å². The van der Waals surface area contributed by atoms with E-state index < -0.39 is 11.8 Å². The van der Waals surface area contributed by atoms with Crippen LogP contribution in [0.2, 0.25) is 5.02 Å². The number of carbonyl (C=O) groups excluding carboxylic acids is 2. The largest absolute Gasteiger partial charge is 0.490 e. The summed E-state index contributed by atoms with van der Waals surface area (Å²) in [4.78, 5) is 23.9. The molecule has 0 atom stereocenters. The van der Waals surface area contributed by atoms with Crippen molar-refractivity contribution in [3.05, 3.63) is 92.9 Å². The van der Waals surface area contributed by atoms with Crippen molar-refractivity contribution in [1.82, 2.24) is 10.7 Å². The highest BCUT2D eigenvalue weighted by molar-refractivity contribution is 9.10. The Balaban J connectivity index is 1.61. The molecule has 0 radical (unpaired) electrons. The van der Waals surface area contributed by atoms with Crippen LogP contribution in [0.3, 0.4) is 0 Å². The summed E-state index contributed by atoms with van der Waals surface area (Å²) in [7, 11) is 0. The van der Waals surface area contributed by atoms with E-state index in [1.54, 1.807) is 18.2 Å². The molecule has 34 heavy (non-hydrogen) atoms. The quantitative estimate of drug-likeness (QED) is 0.229. The lowest BCUT2D eigenvalue weighted by molar-refractivity contribution is -0.139. The van der Waals surface area contributed by atoms with Gasteiger partial charge in [-0.1, -0.05) is 54.1 Å². The number of nitrogens with zero attached hydrogens (tertiary/aromatic N) is 1. The molecule has 0 heterocycles. The third-order valence-electron chi connectivity index (χ3n) is 4.49. The monoisotopic (exact) mass is 543 g/mol. The normalized spacial score (nSPS) is 10.7. The third-order valence-corrected chi connectivity index (χ3v) is 5.31. The molecule has 9 heteroatoms. The van der Waals surface area contributed by atoms with Gasteiger partial charge in [0, 0.05) is 11.6 Å². The van der Waals surface area contributed by atoms with Crippen molar-refractivity contribution in [1.29, 1.82) is 0 Å². The van der Waals surface area contributed by atoms with E-state index in [0.29, 0.717) is 39.8 Å². The van der Waals surface area contributed by atoms with Crippen molar-refractivity contribution in [2.45, 2.75) is 20.1 Å². The molecule has 0 aliphatic rings. The minimum Gasteiger partial charge on any atom is -0.490 e. The van der Waals surface area contributed by atoms with Gasteiger partial charge < -0.3 is 14.8 Å². The summed E-state index contributed by atoms with van der Waals surface area (Å²) >= 11 is 9.54. The molecule has 0 spiro atoms. The fraction of sp³-hybridized carbons (Fsp3) is 0.160. The standard InChI is InChI=1S/C25H23BrClN3O4/c1-2-33-22-13-19(12-21(26)23(22)34-16-18-9-6-10-20(27)11-18)15-29-30-25(32)24(31)28-14-17-7-4-3-5-8-17/h3-13,15H,2,14,16H2,1H3,(H,28,31)(H,30,32)/b29-15+. The van der Waals surface area contributed by atoms with Crippen LogP contribution in [-0.4, -0.2) is 24.6 Å². The van der Waals surface area contributed by atoms with Crippen molar-refractivity contribution in [2.75, 3.05) is 6.61 Å². The molecule has 3 aromatic carbocycles. The lowest BCUT2D eigenvalue weighted by Gasteiger charge is -2.15. The third kappa shape index (κ3) is 7.60. The van der Waals surface area contributed by atoms with Gasteiger partial charge in [0.1, 0.15) is 6.61 Å². The molecule has 0 aliphatic carbocycles. The second kappa shape index (κ2) is 12.8. The molecule has 0 saturated carbocycles. The van der Waals surface area contributed by atoms with Crippen molar-refractivity contribution < 1.29 is 19.1 Å². The van der Waals surface area contributed by atoms with Gasteiger partial charge in [0.25, 0.3) is 0 Å². The Kier molecular flexibility index (Phi) is 9.49. The molecule has 0 aliphatic heterocycles. The maximum atomic E-state index is 12.0. The number of carbonyl (C=O) groups is 2. The first-order valence-corrected chi connectivity index (χ1v) is 11.6. The van der Waals surface area contributed by atoms with Gasteiger partial charge in [0.05, 0.1) is 17.3 Å². The van der Waals surface area contributed by atoms with Gasteiger partial charge in [-0.2, -0.15) is 5.10 Å². The molecule has 0 fully saturated rings. The summed E-state index contributed by atoms with van der Waals surface area (Å²) in [5, 5.41) is 7.05. The summed E-state index contributed by atoms with van der Waals surface area (Å²) < 4.78 is 12.3. The van der Waals surface area contributed by atoms with Crippen LogP contribution in [0.1, 0.15) is 23.6 Å². The average Bonchev–Trinajstić information content (AvgIpc) is 2.83. The Labute approximate surface area is 211 Å². The number of hydrazone groups is 1. The Morgan fingerprint density at radius 1 is 1.00 bits per heavy atom. The molecule has 0 aromatic heterocycles. The minimum absolute atomic E-state index is 0.248. The van der Waals surface area contributed by atoms with Crippen LogP contribution >= 0.6 is 27.5 Å². The maximum absolute atomic E-state index is 12.0. The number of hydrogen-bond acceptors (Lipinski definition) is 5. The number of amides is 2. The number of nitrogens with one attached hydrogen (secondary N) is 2. The molecule has 2 N–H and O–H groups in total. The lowest BCUT2D eigenvalue weighted by Crippen LogP contribution is -2.37. The molecule has 2 amide bonds. The van der Waals surface area contributed by atoms with Gasteiger partial charge in [0.15, 0.2) is 11.5 Å². The second-order valence-corrected chi connectivity index (χ2v) is 8.34. The smallest absolute Gasteiger partial charge is 0.329 e. The van der Waals surface area contributed by atoms with Crippen LogP contribution in [0, 0.1) is 0 Å². The molecule has 0 unspecified atom stereocenters. The Hall–Kier alpha value is -3.36. The van der Waals surface area contributed by atoms with Crippen LogP contribution in [0.4, 0.5) is 0 Å². The highest BCUT2D eigenvalue weighted by atomic mass is 79.9. The summed E-state index contributed by atoms with van der Waals surface area (Å²) in [6.45, 7) is 2.85. The van der Waals surface area contributed by atoms with Gasteiger partial charge in [-0.3, -0.25) is 9.59 Å². The molecule has 3 aromatic rings. The number of rotatable bonds is 9. The molecule has 3 rings (SSSR count). The zero-order valence-electron chi connectivity index (χ0n) is 18.4. The fourth-order valence-corrected chi connectivity index (χ4v) is 3.71. The lowest BCUT2D eigenvalue weighted by atomic mass is 10.2. The predicted molar refractivity (Wildman–Crippen MR) is 135 cm³/mol. The summed E-state index contributed by atoms with van der Waals surface area (Å²) in [5.74, 6) is -0.602. The number of benzene rings is 3. The highest BCUT2D eigenvalue weighted by Gasteiger charge is 2.14. The molecular weight excluding hydrogens is 522 g/mol. The number of ether oxygens (including phenoxy) is 2. The SMILES string of the molecule is CCOc1cc(/C=N/NC(=O)C(=O)NCc2ccccc2)cc(Br)c1OCc1cccc(Cl)c1. The van der Waals surface area contributed by atoms with E-state index in [1.807, 2.05) is 55.5 Å². The van der Waals surface area contributed by atoms with Crippen LogP contribution in [0.25, 0.3) is 0 Å². The van der Waals surface area contributed by atoms with Gasteiger partial charge in [-0.15, -0.1) is 0 Å². The molecule has 0 bridgehead atoms. The Morgan fingerprint density at radius 3 is 2.50 bits per heavy atom. The van der Waals surface area contributed by atoms with E-state index in [-0.39, 0.29) is 6.54 Å². The van der Waals surface area contributed by atoms with Crippen LogP contribution in [0.5, 0.6) is 11.5 Å². The Morgan fingerprint density at radius 2 is 1.76 bits per heavy atom. The Bertz CT molecular complexity index is 1170. The average molecular weight is 545 g/mol. The zero-order valence-corrected chi connectivity index (χ0v) is 20.7. The highest BCUT2D eigenvalue weighted by Crippen LogP contribution is 2.37.